The molecular formula is C15H19ClN2O4. The van der Waals surface area contributed by atoms with E-state index in [1.54, 1.807) is 29.2 Å². The molecule has 2 amide bonds. The van der Waals surface area contributed by atoms with E-state index in [0.717, 1.165) is 0 Å². The second-order valence-corrected chi connectivity index (χ2v) is 5.57. The minimum atomic E-state index is -0.782. The highest BCUT2D eigenvalue weighted by Crippen LogP contribution is 2.18. The highest BCUT2D eigenvalue weighted by Gasteiger charge is 2.26. The number of benzene rings is 1. The van der Waals surface area contributed by atoms with Crippen molar-refractivity contribution in [3.8, 4) is 5.75 Å². The average molecular weight is 327 g/mol. The van der Waals surface area contributed by atoms with Gasteiger partial charge in [0.15, 0.2) is 0 Å². The van der Waals surface area contributed by atoms with Crippen molar-refractivity contribution in [3.05, 3.63) is 29.3 Å². The van der Waals surface area contributed by atoms with Crippen LogP contribution in [0, 0.1) is 5.92 Å². The summed E-state index contributed by atoms with van der Waals surface area (Å²) >= 11 is 5.85. The molecule has 1 aromatic rings. The van der Waals surface area contributed by atoms with E-state index in [9.17, 15) is 9.59 Å². The third-order valence-electron chi connectivity index (χ3n) is 3.57. The van der Waals surface area contributed by atoms with Gasteiger partial charge < -0.3 is 20.1 Å². The van der Waals surface area contributed by atoms with Crippen molar-refractivity contribution in [3.63, 3.8) is 0 Å². The maximum Gasteiger partial charge on any atom is 0.317 e. The topological polar surface area (TPSA) is 78.9 Å². The first-order valence-electron chi connectivity index (χ1n) is 7.20. The summed E-state index contributed by atoms with van der Waals surface area (Å²) in [4.78, 5) is 24.4. The minimum absolute atomic E-state index is 0.182. The van der Waals surface area contributed by atoms with Gasteiger partial charge >= 0.3 is 12.0 Å². The fourth-order valence-corrected chi connectivity index (χ4v) is 2.51. The molecule has 1 aliphatic rings. The van der Waals surface area contributed by atoms with Gasteiger partial charge in [-0.15, -0.1) is 0 Å². The van der Waals surface area contributed by atoms with Gasteiger partial charge in [-0.25, -0.2) is 4.79 Å². The molecule has 0 spiro atoms. The summed E-state index contributed by atoms with van der Waals surface area (Å²) in [6.45, 7) is 1.66. The Labute approximate surface area is 134 Å². The van der Waals surface area contributed by atoms with E-state index < -0.39 is 5.97 Å². The van der Waals surface area contributed by atoms with Crippen molar-refractivity contribution in [1.29, 1.82) is 0 Å². The molecule has 1 heterocycles. The van der Waals surface area contributed by atoms with Gasteiger partial charge in [0.25, 0.3) is 0 Å². The number of amides is 2. The number of carbonyl (C=O) groups is 2. The van der Waals surface area contributed by atoms with Gasteiger partial charge in [0.2, 0.25) is 0 Å². The number of nitrogens with zero attached hydrogens (tertiary/aromatic N) is 1. The number of aliphatic carboxylic acids is 1. The van der Waals surface area contributed by atoms with Crippen LogP contribution in [0.4, 0.5) is 4.79 Å². The van der Waals surface area contributed by atoms with E-state index in [1.165, 1.54) is 0 Å². The Kier molecular flexibility index (Phi) is 5.89. The molecule has 7 heteroatoms. The first-order chi connectivity index (χ1) is 10.6. The first kappa shape index (κ1) is 16.4. The molecule has 2 rings (SSSR count). The maximum atomic E-state index is 11.9. The highest BCUT2D eigenvalue weighted by atomic mass is 35.5. The highest BCUT2D eigenvalue weighted by molar-refractivity contribution is 6.30. The zero-order valence-corrected chi connectivity index (χ0v) is 12.9. The summed E-state index contributed by atoms with van der Waals surface area (Å²) in [6, 6.07) is 6.88. The number of ether oxygens (including phenoxy) is 1. The molecule has 0 bridgehead atoms. The SMILES string of the molecule is O=C(O)C1CCN(C(=O)NCCOc2cccc(Cl)c2)CC1. The quantitative estimate of drug-likeness (QED) is 0.813. The van der Waals surface area contributed by atoms with Gasteiger partial charge in [-0.05, 0) is 31.0 Å². The van der Waals surface area contributed by atoms with Crippen LogP contribution in [0.5, 0.6) is 5.75 Å². The van der Waals surface area contributed by atoms with E-state index in [2.05, 4.69) is 5.32 Å². The van der Waals surface area contributed by atoms with Gasteiger partial charge in [0.1, 0.15) is 12.4 Å². The van der Waals surface area contributed by atoms with Crippen LogP contribution in [-0.4, -0.2) is 48.2 Å². The summed E-state index contributed by atoms with van der Waals surface area (Å²) in [5.74, 6) is -0.464. The molecule has 1 saturated heterocycles. The summed E-state index contributed by atoms with van der Waals surface area (Å²) < 4.78 is 5.48. The number of carboxylic acids is 1. The number of halogens is 1. The fraction of sp³-hybridized carbons (Fsp3) is 0.467. The number of nitrogens with one attached hydrogen (secondary N) is 1. The Bertz CT molecular complexity index is 530. The smallest absolute Gasteiger partial charge is 0.317 e. The molecule has 1 fully saturated rings. The lowest BCUT2D eigenvalue weighted by molar-refractivity contribution is -0.143. The fourth-order valence-electron chi connectivity index (χ4n) is 2.32. The largest absolute Gasteiger partial charge is 0.492 e. The average Bonchev–Trinajstić information content (AvgIpc) is 2.51. The molecule has 0 aliphatic carbocycles. The molecule has 1 aliphatic heterocycles. The Morgan fingerprint density at radius 1 is 1.36 bits per heavy atom. The van der Waals surface area contributed by atoms with Crippen LogP contribution in [0.25, 0.3) is 0 Å². The van der Waals surface area contributed by atoms with Crippen LogP contribution in [0.15, 0.2) is 24.3 Å². The van der Waals surface area contributed by atoms with Gasteiger partial charge in [-0.3, -0.25) is 4.79 Å². The molecule has 1 aromatic carbocycles. The van der Waals surface area contributed by atoms with E-state index in [-0.39, 0.29) is 11.9 Å². The number of piperidine rings is 1. The summed E-state index contributed by atoms with van der Waals surface area (Å²) in [5, 5.41) is 12.3. The van der Waals surface area contributed by atoms with Crippen LogP contribution < -0.4 is 10.1 Å². The maximum absolute atomic E-state index is 11.9. The van der Waals surface area contributed by atoms with Gasteiger partial charge in [0.05, 0.1) is 12.5 Å². The lowest BCUT2D eigenvalue weighted by Crippen LogP contribution is -2.46. The molecule has 6 nitrogen and oxygen atoms in total. The molecule has 0 radical (unpaired) electrons. The Morgan fingerprint density at radius 3 is 2.73 bits per heavy atom. The molecule has 0 unspecified atom stereocenters. The standard InChI is InChI=1S/C15H19ClN2O4/c16-12-2-1-3-13(10-12)22-9-6-17-15(21)18-7-4-11(5-8-18)14(19)20/h1-3,10-11H,4-9H2,(H,17,21)(H,19,20). The van der Waals surface area contributed by atoms with Gasteiger partial charge in [0, 0.05) is 18.1 Å². The van der Waals surface area contributed by atoms with Crippen LogP contribution in [0.1, 0.15) is 12.8 Å². The molecule has 120 valence electrons. The van der Waals surface area contributed by atoms with Crippen molar-refractivity contribution in [2.24, 2.45) is 5.92 Å². The van der Waals surface area contributed by atoms with Gasteiger partial charge in [-0.1, -0.05) is 17.7 Å². The monoisotopic (exact) mass is 326 g/mol. The predicted molar refractivity (Wildman–Crippen MR) is 82.3 cm³/mol. The van der Waals surface area contributed by atoms with Crippen molar-refractivity contribution >= 4 is 23.6 Å². The van der Waals surface area contributed by atoms with Crippen LogP contribution in [0.2, 0.25) is 5.02 Å². The Morgan fingerprint density at radius 2 is 2.09 bits per heavy atom. The van der Waals surface area contributed by atoms with E-state index >= 15 is 0 Å². The molecule has 22 heavy (non-hydrogen) atoms. The second-order valence-electron chi connectivity index (χ2n) is 5.14. The second kappa shape index (κ2) is 7.89. The van der Waals surface area contributed by atoms with Crippen molar-refractivity contribution in [1.82, 2.24) is 10.2 Å². The molecule has 2 N–H and O–H groups in total. The number of rotatable bonds is 5. The number of hydrogen-bond donors (Lipinski definition) is 2. The van der Waals surface area contributed by atoms with Crippen LogP contribution in [-0.2, 0) is 4.79 Å². The molecule has 0 atom stereocenters. The first-order valence-corrected chi connectivity index (χ1v) is 7.58. The zero-order chi connectivity index (χ0) is 15.9. The Balaban J connectivity index is 1.65. The Hall–Kier alpha value is -1.95. The third kappa shape index (κ3) is 4.80. The van der Waals surface area contributed by atoms with Crippen molar-refractivity contribution < 1.29 is 19.4 Å². The number of carbonyl (C=O) groups excluding carboxylic acids is 1. The van der Waals surface area contributed by atoms with Crippen molar-refractivity contribution in [2.45, 2.75) is 12.8 Å². The summed E-state index contributed by atoms with van der Waals surface area (Å²) in [7, 11) is 0. The van der Waals surface area contributed by atoms with E-state index in [0.29, 0.717) is 49.9 Å². The van der Waals surface area contributed by atoms with E-state index in [4.69, 9.17) is 21.4 Å². The zero-order valence-electron chi connectivity index (χ0n) is 12.1. The molecule has 0 saturated carbocycles. The number of carboxylic acid groups (broad SMARTS) is 1. The lowest BCUT2D eigenvalue weighted by Gasteiger charge is -2.30. The van der Waals surface area contributed by atoms with Crippen molar-refractivity contribution in [2.75, 3.05) is 26.2 Å². The lowest BCUT2D eigenvalue weighted by atomic mass is 9.97. The molecule has 0 aromatic heterocycles. The number of urea groups is 1. The normalized spacial score (nSPS) is 15.4. The van der Waals surface area contributed by atoms with Crippen LogP contribution in [0.3, 0.4) is 0 Å². The third-order valence-corrected chi connectivity index (χ3v) is 3.81. The molecular weight excluding hydrogens is 308 g/mol. The summed E-state index contributed by atoms with van der Waals surface area (Å²) in [6.07, 6.45) is 1.00. The number of likely N-dealkylation sites (tertiary alicyclic amines) is 1. The minimum Gasteiger partial charge on any atom is -0.492 e. The number of hydrogen-bond acceptors (Lipinski definition) is 3. The van der Waals surface area contributed by atoms with Crippen LogP contribution >= 0.6 is 11.6 Å². The predicted octanol–water partition coefficient (Wildman–Crippen LogP) is 2.22. The van der Waals surface area contributed by atoms with E-state index in [1.807, 2.05) is 0 Å². The summed E-state index contributed by atoms with van der Waals surface area (Å²) in [5.41, 5.74) is 0. The van der Waals surface area contributed by atoms with Gasteiger partial charge in [-0.2, -0.15) is 0 Å².